The zero-order valence-corrected chi connectivity index (χ0v) is 39.3. The van der Waals surface area contributed by atoms with Crippen molar-refractivity contribution in [2.45, 2.75) is 128 Å². The lowest BCUT2D eigenvalue weighted by atomic mass is 9.82. The van der Waals surface area contributed by atoms with Gasteiger partial charge in [0.05, 0.1) is 11.2 Å². The van der Waals surface area contributed by atoms with Crippen molar-refractivity contribution in [2.75, 3.05) is 0 Å². The van der Waals surface area contributed by atoms with Gasteiger partial charge in [-0.05, 0) is 105 Å². The molecule has 0 fully saturated rings. The molecule has 334 valence electrons. The quantitative estimate of drug-likeness (QED) is 0.145. The van der Waals surface area contributed by atoms with Crippen molar-refractivity contribution in [3.05, 3.63) is 158 Å². The van der Waals surface area contributed by atoms with Crippen LogP contribution in [0.4, 0.5) is 26.3 Å². The van der Waals surface area contributed by atoms with Crippen molar-refractivity contribution in [2.24, 2.45) is 5.92 Å². The Morgan fingerprint density at radius 2 is 0.984 bits per heavy atom. The summed E-state index contributed by atoms with van der Waals surface area (Å²) in [6.07, 6.45) is 0.0561. The van der Waals surface area contributed by atoms with E-state index in [2.05, 4.69) is 20.8 Å². The van der Waals surface area contributed by atoms with E-state index in [4.69, 9.17) is 0 Å². The molecule has 10 heteroatoms. The number of halogens is 6. The summed E-state index contributed by atoms with van der Waals surface area (Å²) < 4.78 is 101. The van der Waals surface area contributed by atoms with Gasteiger partial charge in [0.15, 0.2) is 0 Å². The normalized spacial score (nSPS) is 20.2. The Balaban J connectivity index is 1.51. The van der Waals surface area contributed by atoms with Crippen LogP contribution in [0.2, 0.25) is 0 Å². The van der Waals surface area contributed by atoms with Gasteiger partial charge >= 0.3 is 17.8 Å². The average molecular weight is 903 g/mol. The van der Waals surface area contributed by atoms with Gasteiger partial charge in [-0.1, -0.05) is 146 Å². The third-order valence-electron chi connectivity index (χ3n) is 12.4. The molecule has 1 aromatic heterocycles. The van der Waals surface area contributed by atoms with Crippen molar-refractivity contribution in [3.8, 4) is 20.9 Å². The van der Waals surface area contributed by atoms with E-state index in [0.29, 0.717) is 37.6 Å². The molecule has 0 amide bonds. The topological polar surface area (TPSA) is 40.5 Å². The van der Waals surface area contributed by atoms with Gasteiger partial charge in [-0.25, -0.2) is 0 Å². The van der Waals surface area contributed by atoms with E-state index >= 15 is 26.3 Å². The van der Waals surface area contributed by atoms with Crippen LogP contribution in [0.3, 0.4) is 0 Å². The van der Waals surface area contributed by atoms with E-state index in [1.807, 2.05) is 57.2 Å². The standard InChI is InChI=1S/C53H56F6O2S2/c1-30-42(41(28-31-12-20-35(21-13-31)47(2,3)4)63-45(30)33-18-26-38(27-19-33)50(10,11)61)44-43(51(54,55)53(58,59)52(44,56)57)39-29-40(32-14-24-37(25-15-32)49(8,9)60)62-46(39)34-16-22-36(23-17-34)48(5,6)7/h12-27,29-30,45,60-61H,28H2,1-11H3. The van der Waals surface area contributed by atoms with Crippen molar-refractivity contribution >= 4 is 28.7 Å². The second kappa shape index (κ2) is 15.8. The summed E-state index contributed by atoms with van der Waals surface area (Å²) in [7, 11) is 0. The Hall–Kier alpha value is -4.09. The van der Waals surface area contributed by atoms with E-state index < -0.39 is 51.3 Å². The minimum absolute atomic E-state index is 0.0561. The highest BCUT2D eigenvalue weighted by Crippen LogP contribution is 2.68. The fourth-order valence-corrected chi connectivity index (χ4v) is 11.3. The summed E-state index contributed by atoms with van der Waals surface area (Å²) in [5, 5.41) is 20.7. The van der Waals surface area contributed by atoms with Crippen LogP contribution in [0.25, 0.3) is 26.5 Å². The first kappa shape index (κ1) is 46.9. The molecule has 0 saturated heterocycles. The first-order valence-corrected chi connectivity index (χ1v) is 22.9. The fourth-order valence-electron chi connectivity index (χ4n) is 8.50. The highest BCUT2D eigenvalue weighted by atomic mass is 32.2. The molecule has 0 bridgehead atoms. The zero-order valence-electron chi connectivity index (χ0n) is 37.7. The van der Waals surface area contributed by atoms with Gasteiger partial charge in [-0.15, -0.1) is 23.1 Å². The van der Waals surface area contributed by atoms with Crippen LogP contribution in [0.15, 0.2) is 119 Å². The molecule has 5 aromatic rings. The predicted octanol–water partition coefficient (Wildman–Crippen LogP) is 15.4. The molecule has 7 rings (SSSR count). The maximum absolute atomic E-state index is 17.1. The molecule has 2 heterocycles. The summed E-state index contributed by atoms with van der Waals surface area (Å²) in [6, 6.07) is 30.0. The van der Waals surface area contributed by atoms with Crippen molar-refractivity contribution < 1.29 is 36.6 Å². The third kappa shape index (κ3) is 8.50. The van der Waals surface area contributed by atoms with Crippen molar-refractivity contribution in [1.29, 1.82) is 0 Å². The summed E-state index contributed by atoms with van der Waals surface area (Å²) >= 11 is 2.31. The molecule has 0 radical (unpaired) electrons. The minimum Gasteiger partial charge on any atom is -0.386 e. The molecule has 2 N–H and O–H groups in total. The van der Waals surface area contributed by atoms with E-state index in [-0.39, 0.29) is 33.3 Å². The molecule has 1 aliphatic heterocycles. The second-order valence-electron chi connectivity index (χ2n) is 20.3. The molecular weight excluding hydrogens is 847 g/mol. The Kier molecular flexibility index (Phi) is 11.8. The predicted molar refractivity (Wildman–Crippen MR) is 248 cm³/mol. The summed E-state index contributed by atoms with van der Waals surface area (Å²) in [6.45, 7) is 20.4. The molecule has 1 aliphatic carbocycles. The molecule has 2 unspecified atom stereocenters. The average Bonchev–Trinajstić information content (AvgIpc) is 3.78. The third-order valence-corrected chi connectivity index (χ3v) is 15.3. The Morgan fingerprint density at radius 1 is 0.556 bits per heavy atom. The number of benzene rings is 4. The fraction of sp³-hybridized carbons (Fsp3) is 0.396. The van der Waals surface area contributed by atoms with Gasteiger partial charge in [0.25, 0.3) is 0 Å². The summed E-state index contributed by atoms with van der Waals surface area (Å²) in [4.78, 5) is 0.891. The molecular formula is C53H56F6O2S2. The van der Waals surface area contributed by atoms with Crippen LogP contribution in [0, 0.1) is 5.92 Å². The highest BCUT2D eigenvalue weighted by molar-refractivity contribution is 8.03. The first-order valence-electron chi connectivity index (χ1n) is 21.2. The molecule has 4 aromatic carbocycles. The Morgan fingerprint density at radius 3 is 1.46 bits per heavy atom. The Labute approximate surface area is 376 Å². The van der Waals surface area contributed by atoms with Gasteiger partial charge in [-0.2, -0.15) is 26.3 Å². The second-order valence-corrected chi connectivity index (χ2v) is 22.5. The van der Waals surface area contributed by atoms with Crippen LogP contribution in [0.5, 0.6) is 0 Å². The largest absolute Gasteiger partial charge is 0.386 e. The van der Waals surface area contributed by atoms with E-state index in [0.717, 1.165) is 28.0 Å². The van der Waals surface area contributed by atoms with Crippen LogP contribution in [-0.2, 0) is 28.5 Å². The molecule has 0 saturated carbocycles. The monoisotopic (exact) mass is 902 g/mol. The van der Waals surface area contributed by atoms with Crippen LogP contribution < -0.4 is 0 Å². The van der Waals surface area contributed by atoms with Crippen LogP contribution in [-0.4, -0.2) is 28.0 Å². The number of allylic oxidation sites excluding steroid dienone is 4. The first-order chi connectivity index (χ1) is 28.9. The maximum atomic E-state index is 17.1. The van der Waals surface area contributed by atoms with Crippen molar-refractivity contribution in [3.63, 3.8) is 0 Å². The van der Waals surface area contributed by atoms with E-state index in [9.17, 15) is 10.2 Å². The molecule has 2 aliphatic rings. The zero-order chi connectivity index (χ0) is 46.5. The molecule has 2 atom stereocenters. The van der Waals surface area contributed by atoms with Gasteiger partial charge in [-0.3, -0.25) is 0 Å². The van der Waals surface area contributed by atoms with Gasteiger partial charge in [0, 0.05) is 38.1 Å². The maximum Gasteiger partial charge on any atom is 0.380 e. The molecule has 63 heavy (non-hydrogen) atoms. The number of aliphatic hydroxyl groups is 2. The van der Waals surface area contributed by atoms with Crippen molar-refractivity contribution in [1.82, 2.24) is 0 Å². The number of hydrogen-bond acceptors (Lipinski definition) is 4. The highest BCUT2D eigenvalue weighted by Gasteiger charge is 2.81. The van der Waals surface area contributed by atoms with Gasteiger partial charge in [0.1, 0.15) is 0 Å². The van der Waals surface area contributed by atoms with Gasteiger partial charge in [0.2, 0.25) is 0 Å². The lowest BCUT2D eigenvalue weighted by Gasteiger charge is -2.27. The van der Waals surface area contributed by atoms with Crippen LogP contribution in [0.1, 0.15) is 120 Å². The molecule has 2 nitrogen and oxygen atoms in total. The van der Waals surface area contributed by atoms with E-state index in [1.54, 1.807) is 95.3 Å². The lowest BCUT2D eigenvalue weighted by molar-refractivity contribution is -0.259. The minimum atomic E-state index is -5.77. The lowest BCUT2D eigenvalue weighted by Crippen LogP contribution is -2.49. The number of hydrogen-bond donors (Lipinski definition) is 2. The molecule has 0 spiro atoms. The Bertz CT molecular complexity index is 2560. The summed E-state index contributed by atoms with van der Waals surface area (Å²) in [5.41, 5.74) is -0.480. The van der Waals surface area contributed by atoms with E-state index in [1.165, 1.54) is 17.8 Å². The number of thiophene rings is 1. The number of rotatable bonds is 9. The van der Waals surface area contributed by atoms with Crippen LogP contribution >= 0.6 is 23.1 Å². The number of alkyl halides is 6. The SMILES string of the molecule is CC1C(C2=C(c3cc(-c4ccc(C(C)(C)O)cc4)sc3-c3ccc(C(C)(C)C)cc3)C(F)(F)C(F)(F)C2(F)F)=C(Cc2ccc(C(C)(C)C)cc2)SC1c1ccc(C(C)(C)O)cc1. The summed E-state index contributed by atoms with van der Waals surface area (Å²) in [5.74, 6) is -17.2. The number of thioether (sulfide) groups is 1. The smallest absolute Gasteiger partial charge is 0.380 e. The van der Waals surface area contributed by atoms with Gasteiger partial charge < -0.3 is 10.2 Å².